The first-order chi connectivity index (χ1) is 5.81. The first-order valence-corrected chi connectivity index (χ1v) is 3.63. The number of aromatic nitrogens is 1. The van der Waals surface area contributed by atoms with Gasteiger partial charge in [-0.25, -0.2) is 10.8 Å². The van der Waals surface area contributed by atoms with Crippen molar-refractivity contribution in [2.45, 2.75) is 6.92 Å². The smallest absolute Gasteiger partial charge is 0.151 e. The van der Waals surface area contributed by atoms with Gasteiger partial charge in [0.05, 0.1) is 5.39 Å². The summed E-state index contributed by atoms with van der Waals surface area (Å²) in [4.78, 5) is 4.04. The Bertz CT molecular complexity index is 408. The summed E-state index contributed by atoms with van der Waals surface area (Å²) in [5.74, 6) is 6.77. The highest BCUT2D eigenvalue weighted by atomic mass is 16.3. The van der Waals surface area contributed by atoms with Crippen molar-refractivity contribution in [2.24, 2.45) is 5.84 Å². The Morgan fingerprint density at radius 1 is 1.58 bits per heavy atom. The Labute approximate surface area is 69.4 Å². The van der Waals surface area contributed by atoms with Gasteiger partial charge in [0.2, 0.25) is 0 Å². The molecule has 12 heavy (non-hydrogen) atoms. The largest absolute Gasteiger partial charge is 0.461 e. The minimum absolute atomic E-state index is 0.643. The zero-order chi connectivity index (χ0) is 8.55. The molecule has 0 saturated carbocycles. The molecular weight excluding hydrogens is 154 g/mol. The highest BCUT2D eigenvalue weighted by Gasteiger charge is 2.04. The van der Waals surface area contributed by atoms with Gasteiger partial charge < -0.3 is 9.84 Å². The predicted octanol–water partition coefficient (Wildman–Crippen LogP) is 1.42. The van der Waals surface area contributed by atoms with E-state index >= 15 is 0 Å². The van der Waals surface area contributed by atoms with Crippen LogP contribution in [0.5, 0.6) is 0 Å². The van der Waals surface area contributed by atoms with Crippen LogP contribution in [-0.2, 0) is 0 Å². The molecule has 2 aromatic heterocycles. The molecule has 3 N–H and O–H groups in total. The van der Waals surface area contributed by atoms with Crippen molar-refractivity contribution in [1.29, 1.82) is 0 Å². The van der Waals surface area contributed by atoms with Crippen molar-refractivity contribution >= 4 is 16.8 Å². The van der Waals surface area contributed by atoms with Gasteiger partial charge in [-0.2, -0.15) is 0 Å². The van der Waals surface area contributed by atoms with Crippen molar-refractivity contribution in [1.82, 2.24) is 4.98 Å². The first kappa shape index (κ1) is 7.12. The second-order valence-corrected chi connectivity index (χ2v) is 2.57. The molecule has 0 saturated heterocycles. The molecule has 0 aromatic carbocycles. The Balaban J connectivity index is 2.78. The van der Waals surface area contributed by atoms with Crippen LogP contribution >= 0.6 is 0 Å². The molecule has 0 amide bonds. The number of nitrogens with one attached hydrogen (secondary N) is 1. The molecule has 0 atom stereocenters. The Morgan fingerprint density at radius 2 is 2.42 bits per heavy atom. The number of furan rings is 1. The lowest BCUT2D eigenvalue weighted by Gasteiger charge is -1.97. The van der Waals surface area contributed by atoms with E-state index in [9.17, 15) is 0 Å². The maximum Gasteiger partial charge on any atom is 0.151 e. The number of fused-ring (bicyclic) bond motifs is 1. The molecule has 62 valence electrons. The molecule has 0 unspecified atom stereocenters. The van der Waals surface area contributed by atoms with Crippen molar-refractivity contribution in [3.63, 3.8) is 0 Å². The lowest BCUT2D eigenvalue weighted by atomic mass is 10.3. The average molecular weight is 163 g/mol. The van der Waals surface area contributed by atoms with Crippen LogP contribution in [0.25, 0.3) is 11.0 Å². The van der Waals surface area contributed by atoms with Crippen LogP contribution in [0, 0.1) is 6.92 Å². The number of nitrogens with zero attached hydrogens (tertiary/aromatic N) is 1. The van der Waals surface area contributed by atoms with Crippen LogP contribution < -0.4 is 11.3 Å². The van der Waals surface area contributed by atoms with Crippen molar-refractivity contribution < 1.29 is 4.42 Å². The van der Waals surface area contributed by atoms with Crippen molar-refractivity contribution in [3.8, 4) is 0 Å². The molecule has 0 aliphatic rings. The topological polar surface area (TPSA) is 64.1 Å². The summed E-state index contributed by atoms with van der Waals surface area (Å²) in [6.07, 6.45) is 1.65. The normalized spacial score (nSPS) is 10.5. The van der Waals surface area contributed by atoms with Gasteiger partial charge in [-0.3, -0.25) is 0 Å². The van der Waals surface area contributed by atoms with E-state index in [1.165, 1.54) is 0 Å². The molecule has 0 aliphatic carbocycles. The highest BCUT2D eigenvalue weighted by Crippen LogP contribution is 2.23. The molecule has 0 radical (unpaired) electrons. The number of hydrogen-bond donors (Lipinski definition) is 2. The number of pyridine rings is 1. The monoisotopic (exact) mass is 163 g/mol. The van der Waals surface area contributed by atoms with Gasteiger partial charge in [-0.1, -0.05) is 0 Å². The zero-order valence-corrected chi connectivity index (χ0v) is 6.66. The lowest BCUT2D eigenvalue weighted by molar-refractivity contribution is 0.578. The summed E-state index contributed by atoms with van der Waals surface area (Å²) >= 11 is 0. The third kappa shape index (κ3) is 0.931. The molecule has 2 heterocycles. The van der Waals surface area contributed by atoms with Gasteiger partial charge in [0.1, 0.15) is 11.3 Å². The minimum atomic E-state index is 0.643. The summed E-state index contributed by atoms with van der Waals surface area (Å²) in [5, 5.41) is 0.914. The molecule has 0 fully saturated rings. The second kappa shape index (κ2) is 2.49. The summed E-state index contributed by atoms with van der Waals surface area (Å²) in [6.45, 7) is 1.89. The van der Waals surface area contributed by atoms with Crippen LogP contribution in [-0.4, -0.2) is 4.98 Å². The molecule has 0 spiro atoms. The van der Waals surface area contributed by atoms with Crippen molar-refractivity contribution in [2.75, 3.05) is 5.43 Å². The summed E-state index contributed by atoms with van der Waals surface area (Å²) in [7, 11) is 0. The number of hydrazine groups is 1. The van der Waals surface area contributed by atoms with Gasteiger partial charge in [-0.05, 0) is 19.1 Å². The Hall–Kier alpha value is -1.55. The van der Waals surface area contributed by atoms with Crippen LogP contribution in [0.4, 0.5) is 5.82 Å². The van der Waals surface area contributed by atoms with E-state index in [-0.39, 0.29) is 0 Å². The Morgan fingerprint density at radius 3 is 3.17 bits per heavy atom. The van der Waals surface area contributed by atoms with Crippen LogP contribution in [0.1, 0.15) is 5.76 Å². The molecule has 2 aromatic rings. The van der Waals surface area contributed by atoms with E-state index in [4.69, 9.17) is 10.3 Å². The molecule has 0 bridgehead atoms. The predicted molar refractivity (Wildman–Crippen MR) is 46.6 cm³/mol. The van der Waals surface area contributed by atoms with E-state index in [0.29, 0.717) is 5.82 Å². The number of nitrogens with two attached hydrogens (primary N) is 1. The fraction of sp³-hybridized carbons (Fsp3) is 0.125. The SMILES string of the molecule is Cc1cc2c(NN)nccc2o1. The Kier molecular flexibility index (Phi) is 1.48. The quantitative estimate of drug-likeness (QED) is 0.493. The van der Waals surface area contributed by atoms with Gasteiger partial charge in [-0.15, -0.1) is 0 Å². The van der Waals surface area contributed by atoms with E-state index in [1.807, 2.05) is 19.1 Å². The van der Waals surface area contributed by atoms with Gasteiger partial charge in [0.15, 0.2) is 5.82 Å². The highest BCUT2D eigenvalue weighted by molar-refractivity contribution is 5.88. The summed E-state index contributed by atoms with van der Waals surface area (Å²) in [6, 6.07) is 3.71. The van der Waals surface area contributed by atoms with Crippen LogP contribution in [0.15, 0.2) is 22.7 Å². The molecule has 4 nitrogen and oxygen atoms in total. The second-order valence-electron chi connectivity index (χ2n) is 2.57. The first-order valence-electron chi connectivity index (χ1n) is 3.63. The maximum absolute atomic E-state index is 5.37. The van der Waals surface area contributed by atoms with E-state index in [1.54, 1.807) is 6.20 Å². The fourth-order valence-corrected chi connectivity index (χ4v) is 1.21. The molecule has 0 aliphatic heterocycles. The van der Waals surface area contributed by atoms with E-state index < -0.39 is 0 Å². The average Bonchev–Trinajstić information content (AvgIpc) is 2.44. The minimum Gasteiger partial charge on any atom is -0.461 e. The molecular formula is C8H9N3O. The van der Waals surface area contributed by atoms with Gasteiger partial charge >= 0.3 is 0 Å². The standard InChI is InChI=1S/C8H9N3O/c1-5-4-6-7(12-5)2-3-10-8(6)11-9/h2-4H,9H2,1H3,(H,10,11). The zero-order valence-electron chi connectivity index (χ0n) is 6.66. The number of anilines is 1. The van der Waals surface area contributed by atoms with Crippen LogP contribution in [0.2, 0.25) is 0 Å². The van der Waals surface area contributed by atoms with E-state index in [2.05, 4.69) is 10.4 Å². The number of rotatable bonds is 1. The number of nitrogen functional groups attached to an aromatic ring is 1. The van der Waals surface area contributed by atoms with Crippen molar-refractivity contribution in [3.05, 3.63) is 24.1 Å². The lowest BCUT2D eigenvalue weighted by Crippen LogP contribution is -2.08. The maximum atomic E-state index is 5.37. The summed E-state index contributed by atoms with van der Waals surface area (Å²) < 4.78 is 5.37. The molecule has 2 rings (SSSR count). The molecule has 4 heteroatoms. The fourth-order valence-electron chi connectivity index (χ4n) is 1.21. The summed E-state index contributed by atoms with van der Waals surface area (Å²) in [5.41, 5.74) is 3.31. The van der Waals surface area contributed by atoms with Crippen LogP contribution in [0.3, 0.4) is 0 Å². The number of hydrogen-bond acceptors (Lipinski definition) is 4. The third-order valence-corrected chi connectivity index (χ3v) is 1.71. The number of aryl methyl sites for hydroxylation is 1. The van der Waals surface area contributed by atoms with E-state index in [0.717, 1.165) is 16.7 Å². The van der Waals surface area contributed by atoms with Gasteiger partial charge in [0, 0.05) is 6.20 Å². The third-order valence-electron chi connectivity index (χ3n) is 1.71. The van der Waals surface area contributed by atoms with Gasteiger partial charge in [0.25, 0.3) is 0 Å².